The molecule has 1 saturated carbocycles. The van der Waals surface area contributed by atoms with Gasteiger partial charge in [0.25, 0.3) is 5.91 Å². The van der Waals surface area contributed by atoms with Gasteiger partial charge in [-0.1, -0.05) is 73.9 Å². The summed E-state index contributed by atoms with van der Waals surface area (Å²) < 4.78 is 5.80. The molecule has 0 aromatic heterocycles. The minimum atomic E-state index is -0.949. The van der Waals surface area contributed by atoms with Crippen LogP contribution in [0, 0.1) is 0 Å². The Bertz CT molecular complexity index is 1250. The van der Waals surface area contributed by atoms with Gasteiger partial charge in [-0.25, -0.2) is 5.43 Å². The molecule has 8 nitrogen and oxygen atoms in total. The highest BCUT2D eigenvalue weighted by Crippen LogP contribution is 2.20. The van der Waals surface area contributed by atoms with Crippen LogP contribution in [0.3, 0.4) is 0 Å². The van der Waals surface area contributed by atoms with Gasteiger partial charge in [-0.2, -0.15) is 5.10 Å². The maximum absolute atomic E-state index is 12.8. The molecule has 0 spiro atoms. The Kier molecular flexibility index (Phi) is 9.02. The van der Waals surface area contributed by atoms with Crippen molar-refractivity contribution in [2.45, 2.75) is 44.8 Å². The minimum Gasteiger partial charge on any atom is -0.489 e. The lowest BCUT2D eigenvalue weighted by Crippen LogP contribution is -2.37. The van der Waals surface area contributed by atoms with Gasteiger partial charge >= 0.3 is 11.8 Å². The molecule has 190 valence electrons. The predicted molar refractivity (Wildman–Crippen MR) is 142 cm³/mol. The molecule has 1 aliphatic rings. The van der Waals surface area contributed by atoms with Crippen LogP contribution in [0.15, 0.2) is 84.0 Å². The van der Waals surface area contributed by atoms with Gasteiger partial charge in [-0.15, -0.1) is 0 Å². The summed E-state index contributed by atoms with van der Waals surface area (Å²) >= 11 is 0. The Morgan fingerprint density at radius 3 is 2.43 bits per heavy atom. The summed E-state index contributed by atoms with van der Waals surface area (Å²) in [5, 5.41) is 9.42. The van der Waals surface area contributed by atoms with Crippen molar-refractivity contribution in [3.8, 4) is 5.75 Å². The number of benzene rings is 3. The van der Waals surface area contributed by atoms with Crippen molar-refractivity contribution < 1.29 is 19.1 Å². The van der Waals surface area contributed by atoms with Gasteiger partial charge in [0.1, 0.15) is 12.4 Å². The van der Waals surface area contributed by atoms with Gasteiger partial charge in [-0.3, -0.25) is 14.4 Å². The summed E-state index contributed by atoms with van der Waals surface area (Å²) in [7, 11) is 0. The highest BCUT2D eigenvalue weighted by Gasteiger charge is 2.20. The first-order chi connectivity index (χ1) is 18.1. The average molecular weight is 499 g/mol. The van der Waals surface area contributed by atoms with Crippen LogP contribution in [0.1, 0.15) is 53.6 Å². The number of hydrogen-bond acceptors (Lipinski definition) is 5. The number of hydrazone groups is 1. The van der Waals surface area contributed by atoms with Gasteiger partial charge in [0, 0.05) is 6.04 Å². The molecule has 1 aliphatic carbocycles. The van der Waals surface area contributed by atoms with Gasteiger partial charge < -0.3 is 15.4 Å². The Morgan fingerprint density at radius 1 is 0.865 bits per heavy atom. The van der Waals surface area contributed by atoms with Crippen molar-refractivity contribution >= 4 is 29.6 Å². The molecule has 8 heteroatoms. The molecule has 3 aromatic rings. The van der Waals surface area contributed by atoms with E-state index in [9.17, 15) is 14.4 Å². The lowest BCUT2D eigenvalue weighted by atomic mass is 9.95. The predicted octanol–water partition coefficient (Wildman–Crippen LogP) is 4.42. The summed E-state index contributed by atoms with van der Waals surface area (Å²) in [6, 6.07) is 23.8. The molecular weight excluding hydrogens is 468 g/mol. The number of carbonyl (C=O) groups is 3. The van der Waals surface area contributed by atoms with Crippen molar-refractivity contribution in [1.82, 2.24) is 10.7 Å². The fourth-order valence-electron chi connectivity index (χ4n) is 4.12. The third-order valence-electron chi connectivity index (χ3n) is 6.05. The second-order valence-electron chi connectivity index (χ2n) is 8.85. The van der Waals surface area contributed by atoms with Crippen LogP contribution in [-0.2, 0) is 16.2 Å². The summed E-state index contributed by atoms with van der Waals surface area (Å²) in [6.07, 6.45) is 6.69. The molecule has 0 saturated heterocycles. The number of ether oxygens (including phenoxy) is 1. The zero-order valence-corrected chi connectivity index (χ0v) is 20.5. The monoisotopic (exact) mass is 498 g/mol. The van der Waals surface area contributed by atoms with E-state index in [-0.39, 0.29) is 17.6 Å². The smallest absolute Gasteiger partial charge is 0.329 e. The van der Waals surface area contributed by atoms with E-state index in [1.165, 1.54) is 12.6 Å². The molecule has 0 radical (unpaired) electrons. The first-order valence-electron chi connectivity index (χ1n) is 12.4. The first kappa shape index (κ1) is 25.6. The van der Waals surface area contributed by atoms with E-state index >= 15 is 0 Å². The molecule has 0 bridgehead atoms. The van der Waals surface area contributed by atoms with Crippen LogP contribution < -0.4 is 20.8 Å². The summed E-state index contributed by atoms with van der Waals surface area (Å²) in [5.41, 5.74) is 4.54. The summed E-state index contributed by atoms with van der Waals surface area (Å²) in [6.45, 7) is 0.429. The van der Waals surface area contributed by atoms with E-state index < -0.39 is 11.8 Å². The second-order valence-corrected chi connectivity index (χ2v) is 8.85. The molecule has 0 unspecified atom stereocenters. The number of carbonyl (C=O) groups excluding carboxylic acids is 3. The van der Waals surface area contributed by atoms with Crippen molar-refractivity contribution in [1.29, 1.82) is 0 Å². The standard InChI is InChI=1S/C29H30N4O4/c34-27(31-23-13-5-2-6-14-23)25-16-7-8-17-26(25)32-28(35)29(36)33-30-19-22-12-9-15-24(18-22)37-20-21-10-3-1-4-11-21/h1,3-4,7-12,15-19,23H,2,5-6,13-14,20H2,(H,31,34)(H,32,35)(H,33,36)/b30-19+. The number of rotatable bonds is 8. The largest absolute Gasteiger partial charge is 0.489 e. The zero-order valence-electron chi connectivity index (χ0n) is 20.5. The molecule has 0 atom stereocenters. The SMILES string of the molecule is O=C(N/N=C/c1cccc(OCc2ccccc2)c1)C(=O)Nc1ccccc1C(=O)NC1CCCCC1. The van der Waals surface area contributed by atoms with Crippen molar-refractivity contribution in [2.24, 2.45) is 5.10 Å². The fourth-order valence-corrected chi connectivity index (χ4v) is 4.12. The van der Waals surface area contributed by atoms with E-state index in [4.69, 9.17) is 4.74 Å². The maximum atomic E-state index is 12.8. The van der Waals surface area contributed by atoms with Gasteiger partial charge in [0.15, 0.2) is 0 Å². The Hall–Kier alpha value is -4.46. The van der Waals surface area contributed by atoms with Crippen LogP contribution in [0.2, 0.25) is 0 Å². The molecule has 0 heterocycles. The molecule has 0 aliphatic heterocycles. The number of anilines is 1. The quantitative estimate of drug-likeness (QED) is 0.243. The number of hydrogen-bond donors (Lipinski definition) is 3. The number of nitrogens with zero attached hydrogens (tertiary/aromatic N) is 1. The Labute approximate surface area is 216 Å². The molecular formula is C29H30N4O4. The Balaban J connectivity index is 1.30. The zero-order chi connectivity index (χ0) is 25.9. The normalized spacial score (nSPS) is 13.6. The summed E-state index contributed by atoms with van der Waals surface area (Å²) in [4.78, 5) is 37.5. The summed E-state index contributed by atoms with van der Waals surface area (Å²) in [5.74, 6) is -1.49. The van der Waals surface area contributed by atoms with E-state index in [0.717, 1.165) is 31.2 Å². The van der Waals surface area contributed by atoms with E-state index in [2.05, 4.69) is 21.2 Å². The third-order valence-corrected chi connectivity index (χ3v) is 6.05. The molecule has 1 fully saturated rings. The number of nitrogens with one attached hydrogen (secondary N) is 3. The highest BCUT2D eigenvalue weighted by atomic mass is 16.5. The van der Waals surface area contributed by atoms with Gasteiger partial charge in [0.05, 0.1) is 17.5 Å². The molecule has 4 rings (SSSR count). The highest BCUT2D eigenvalue weighted by molar-refractivity contribution is 6.40. The van der Waals surface area contributed by atoms with Crippen molar-refractivity contribution in [3.05, 3.63) is 95.6 Å². The van der Waals surface area contributed by atoms with Crippen LogP contribution >= 0.6 is 0 Å². The lowest BCUT2D eigenvalue weighted by molar-refractivity contribution is -0.136. The minimum absolute atomic E-state index is 0.130. The number of amides is 3. The van der Waals surface area contributed by atoms with Crippen LogP contribution in [0.25, 0.3) is 0 Å². The fraction of sp³-hybridized carbons (Fsp3) is 0.241. The van der Waals surface area contributed by atoms with E-state index in [0.29, 0.717) is 23.5 Å². The van der Waals surface area contributed by atoms with Crippen molar-refractivity contribution in [2.75, 3.05) is 5.32 Å². The number of para-hydroxylation sites is 1. The van der Waals surface area contributed by atoms with E-state index in [1.807, 2.05) is 42.5 Å². The average Bonchev–Trinajstić information content (AvgIpc) is 2.93. The van der Waals surface area contributed by atoms with Gasteiger partial charge in [-0.05, 0) is 48.2 Å². The second kappa shape index (κ2) is 13.0. The van der Waals surface area contributed by atoms with Crippen molar-refractivity contribution in [3.63, 3.8) is 0 Å². The third kappa shape index (κ3) is 7.76. The molecule has 3 amide bonds. The van der Waals surface area contributed by atoms with E-state index in [1.54, 1.807) is 36.4 Å². The van der Waals surface area contributed by atoms with Crippen LogP contribution in [0.4, 0.5) is 5.69 Å². The molecule has 3 aromatic carbocycles. The van der Waals surface area contributed by atoms with Gasteiger partial charge in [0.2, 0.25) is 0 Å². The lowest BCUT2D eigenvalue weighted by Gasteiger charge is -2.23. The van der Waals surface area contributed by atoms with Crippen LogP contribution in [0.5, 0.6) is 5.75 Å². The Morgan fingerprint density at radius 2 is 1.62 bits per heavy atom. The first-order valence-corrected chi connectivity index (χ1v) is 12.4. The topological polar surface area (TPSA) is 109 Å². The maximum Gasteiger partial charge on any atom is 0.329 e. The molecule has 37 heavy (non-hydrogen) atoms. The molecule has 3 N–H and O–H groups in total. The van der Waals surface area contributed by atoms with Crippen LogP contribution in [-0.4, -0.2) is 30.0 Å².